The van der Waals surface area contributed by atoms with Gasteiger partial charge in [-0.2, -0.15) is 0 Å². The Kier molecular flexibility index (Phi) is 4.88. The van der Waals surface area contributed by atoms with E-state index in [0.29, 0.717) is 5.75 Å². The number of benzene rings is 4. The molecule has 1 N–H and O–H groups in total. The Morgan fingerprint density at radius 2 is 1.06 bits per heavy atom. The maximum Gasteiger partial charge on any atom is 0.569 e. The first-order valence-electron chi connectivity index (χ1n) is 12.7. The van der Waals surface area contributed by atoms with Gasteiger partial charge in [0.25, 0.3) is 0 Å². The van der Waals surface area contributed by atoms with Crippen LogP contribution < -0.4 is 4.65 Å². The summed E-state index contributed by atoms with van der Waals surface area (Å²) in [5.74, 6) is 0.636. The van der Waals surface area contributed by atoms with Crippen molar-refractivity contribution < 1.29 is 9.68 Å². The van der Waals surface area contributed by atoms with E-state index in [4.69, 9.17) is 4.65 Å². The van der Waals surface area contributed by atoms with Crippen molar-refractivity contribution in [3.8, 4) is 28.0 Å². The molecule has 36 heavy (non-hydrogen) atoms. The average Bonchev–Trinajstić information content (AvgIpc) is 3.29. The molecular weight excluding hydrogens is 439 g/mol. The Balaban J connectivity index is 1.79. The summed E-state index contributed by atoms with van der Waals surface area (Å²) in [4.78, 5) is 0. The average molecular weight is 471 g/mol. The van der Waals surface area contributed by atoms with Crippen molar-refractivity contribution in [1.82, 2.24) is 0 Å². The molecule has 3 heteroatoms. The first-order valence-corrected chi connectivity index (χ1v) is 12.7. The molecule has 0 aliphatic heterocycles. The van der Waals surface area contributed by atoms with Gasteiger partial charge in [-0.3, -0.25) is 0 Å². The van der Waals surface area contributed by atoms with Crippen LogP contribution in [0, 0.1) is 0 Å². The Morgan fingerprint density at radius 1 is 0.583 bits per heavy atom. The molecule has 0 saturated carbocycles. The molecule has 1 spiro atoms. The van der Waals surface area contributed by atoms with Gasteiger partial charge >= 0.3 is 7.69 Å². The van der Waals surface area contributed by atoms with Crippen molar-refractivity contribution in [3.05, 3.63) is 112 Å². The molecular formula is C33H32BO2. The van der Waals surface area contributed by atoms with E-state index < -0.39 is 5.41 Å². The molecule has 0 aromatic heterocycles. The molecule has 0 atom stereocenters. The summed E-state index contributed by atoms with van der Waals surface area (Å²) in [5, 5.41) is 9.42. The highest BCUT2D eigenvalue weighted by molar-refractivity contribution is 6.17. The van der Waals surface area contributed by atoms with Crippen molar-refractivity contribution >= 4 is 7.69 Å². The summed E-state index contributed by atoms with van der Waals surface area (Å²) < 4.78 is 5.50. The van der Waals surface area contributed by atoms with E-state index in [1.54, 1.807) is 0 Å². The zero-order valence-electron chi connectivity index (χ0n) is 21.9. The van der Waals surface area contributed by atoms with E-state index in [0.717, 1.165) is 7.69 Å². The van der Waals surface area contributed by atoms with Crippen molar-refractivity contribution in [2.45, 2.75) is 57.8 Å². The van der Waals surface area contributed by atoms with Gasteiger partial charge in [-0.05, 0) is 78.6 Å². The van der Waals surface area contributed by atoms with Crippen LogP contribution in [0.2, 0.25) is 0 Å². The molecule has 0 bridgehead atoms. The lowest BCUT2D eigenvalue weighted by molar-refractivity contribution is 0.453. The third-order valence-corrected chi connectivity index (χ3v) is 8.07. The zero-order chi connectivity index (χ0) is 25.5. The molecule has 2 nitrogen and oxygen atoms in total. The summed E-state index contributed by atoms with van der Waals surface area (Å²) in [6, 6.07) is 29.1. The SMILES string of the molecule is CC(C)(C)c1ccc2c(c1)C1(c3ccccc3-c3ccc(O[B]O)cc31)c1cc(C(C)(C)C)ccc1-2. The van der Waals surface area contributed by atoms with Gasteiger partial charge in [-0.25, -0.2) is 0 Å². The molecule has 4 aromatic rings. The first kappa shape index (κ1) is 23.1. The van der Waals surface area contributed by atoms with Gasteiger partial charge in [-0.1, -0.05) is 108 Å². The van der Waals surface area contributed by atoms with Crippen LogP contribution in [0.1, 0.15) is 74.9 Å². The minimum absolute atomic E-state index is 0.0271. The monoisotopic (exact) mass is 471 g/mol. The van der Waals surface area contributed by atoms with Gasteiger partial charge in [0, 0.05) is 0 Å². The van der Waals surface area contributed by atoms with E-state index in [9.17, 15) is 5.02 Å². The molecule has 179 valence electrons. The number of hydrogen-bond donors (Lipinski definition) is 1. The Bertz CT molecular complexity index is 1450. The van der Waals surface area contributed by atoms with Gasteiger partial charge in [0.1, 0.15) is 5.75 Å². The predicted octanol–water partition coefficient (Wildman–Crippen LogP) is 7.53. The lowest BCUT2D eigenvalue weighted by atomic mass is 9.69. The van der Waals surface area contributed by atoms with Crippen molar-refractivity contribution in [2.75, 3.05) is 0 Å². The highest BCUT2D eigenvalue weighted by atomic mass is 16.5. The van der Waals surface area contributed by atoms with Gasteiger partial charge in [-0.15, -0.1) is 0 Å². The third kappa shape index (κ3) is 3.09. The smallest absolute Gasteiger partial charge is 0.537 e. The Morgan fingerprint density at radius 3 is 1.58 bits per heavy atom. The topological polar surface area (TPSA) is 29.5 Å². The fourth-order valence-corrected chi connectivity index (χ4v) is 6.23. The number of fused-ring (bicyclic) bond motifs is 10. The normalized spacial score (nSPS) is 14.8. The second-order valence-electron chi connectivity index (χ2n) is 12.2. The molecule has 0 saturated heterocycles. The molecule has 0 amide bonds. The predicted molar refractivity (Wildman–Crippen MR) is 149 cm³/mol. The maximum absolute atomic E-state index is 9.42. The molecule has 4 aromatic carbocycles. The summed E-state index contributed by atoms with van der Waals surface area (Å²) in [5.41, 5.74) is 12.5. The van der Waals surface area contributed by atoms with E-state index in [1.807, 2.05) is 6.07 Å². The van der Waals surface area contributed by atoms with Crippen LogP contribution in [0.3, 0.4) is 0 Å². The Labute approximate surface area is 215 Å². The molecule has 1 radical (unpaired) electrons. The molecule has 2 aliphatic carbocycles. The van der Waals surface area contributed by atoms with Crippen molar-refractivity contribution in [3.63, 3.8) is 0 Å². The summed E-state index contributed by atoms with van der Waals surface area (Å²) >= 11 is 0. The van der Waals surface area contributed by atoms with Crippen LogP contribution >= 0.6 is 0 Å². The second kappa shape index (κ2) is 7.60. The quantitative estimate of drug-likeness (QED) is 0.265. The van der Waals surface area contributed by atoms with Gasteiger partial charge in [0.2, 0.25) is 0 Å². The van der Waals surface area contributed by atoms with Crippen LogP contribution in [0.15, 0.2) is 78.9 Å². The standard InChI is InChI=1S/C33H32BO2/c1-31(2,3)20-11-14-24-25-15-12-21(32(4,5)6)18-29(25)33(28(24)17-20)27-10-8-7-9-23(27)26-16-13-22(36-34-35)19-30(26)33/h7-19,35H,1-6H3. The van der Waals surface area contributed by atoms with Crippen LogP contribution in [-0.4, -0.2) is 12.7 Å². The second-order valence-corrected chi connectivity index (χ2v) is 12.2. The van der Waals surface area contributed by atoms with Crippen LogP contribution in [0.4, 0.5) is 0 Å². The third-order valence-electron chi connectivity index (χ3n) is 8.07. The molecule has 0 unspecified atom stereocenters. The van der Waals surface area contributed by atoms with Crippen LogP contribution in [0.5, 0.6) is 5.75 Å². The van der Waals surface area contributed by atoms with Gasteiger partial charge < -0.3 is 9.68 Å². The number of hydrogen-bond acceptors (Lipinski definition) is 2. The molecule has 0 fully saturated rings. The minimum Gasteiger partial charge on any atom is -0.537 e. The van der Waals surface area contributed by atoms with Crippen LogP contribution in [-0.2, 0) is 16.2 Å². The molecule has 0 heterocycles. The highest BCUT2D eigenvalue weighted by Crippen LogP contribution is 2.63. The zero-order valence-corrected chi connectivity index (χ0v) is 21.9. The lowest BCUT2D eigenvalue weighted by Gasteiger charge is -2.33. The maximum atomic E-state index is 9.42. The Hall–Kier alpha value is -3.30. The van der Waals surface area contributed by atoms with Crippen LogP contribution in [0.25, 0.3) is 22.3 Å². The molecule has 6 rings (SSSR count). The summed E-state index contributed by atoms with van der Waals surface area (Å²) in [6.07, 6.45) is 0. The fourth-order valence-electron chi connectivity index (χ4n) is 6.23. The van der Waals surface area contributed by atoms with E-state index >= 15 is 0 Å². The van der Waals surface area contributed by atoms with Crippen molar-refractivity contribution in [2.24, 2.45) is 0 Å². The summed E-state index contributed by atoms with van der Waals surface area (Å²) in [6.45, 7) is 13.7. The fraction of sp³-hybridized carbons (Fsp3) is 0.273. The van der Waals surface area contributed by atoms with E-state index in [-0.39, 0.29) is 10.8 Å². The summed E-state index contributed by atoms with van der Waals surface area (Å²) in [7, 11) is 0.766. The van der Waals surface area contributed by atoms with E-state index in [2.05, 4.69) is 114 Å². The largest absolute Gasteiger partial charge is 0.569 e. The highest BCUT2D eigenvalue weighted by Gasteiger charge is 2.52. The number of rotatable bonds is 2. The van der Waals surface area contributed by atoms with E-state index in [1.165, 1.54) is 55.6 Å². The lowest BCUT2D eigenvalue weighted by Crippen LogP contribution is -2.27. The first-order chi connectivity index (χ1) is 17.1. The van der Waals surface area contributed by atoms with Crippen molar-refractivity contribution in [1.29, 1.82) is 0 Å². The minimum atomic E-state index is -0.450. The van der Waals surface area contributed by atoms with Gasteiger partial charge in [0.15, 0.2) is 0 Å². The molecule has 2 aliphatic rings. The van der Waals surface area contributed by atoms with Gasteiger partial charge in [0.05, 0.1) is 5.41 Å².